The predicted octanol–water partition coefficient (Wildman–Crippen LogP) is 0.771. The number of halogens is 1. The number of carbonyl (C=O) groups is 2. The Balaban J connectivity index is 0.00000242. The van der Waals surface area contributed by atoms with Crippen molar-refractivity contribution in [1.82, 2.24) is 10.6 Å². The van der Waals surface area contributed by atoms with E-state index < -0.39 is 5.41 Å². The van der Waals surface area contributed by atoms with Crippen LogP contribution in [-0.4, -0.2) is 44.7 Å². The van der Waals surface area contributed by atoms with Gasteiger partial charge >= 0.3 is 0 Å². The van der Waals surface area contributed by atoms with Gasteiger partial charge in [-0.15, -0.1) is 23.7 Å². The molecule has 0 aliphatic carbocycles. The van der Waals surface area contributed by atoms with Crippen molar-refractivity contribution in [1.29, 1.82) is 0 Å². The van der Waals surface area contributed by atoms with Crippen LogP contribution in [0.25, 0.3) is 0 Å². The molecule has 6 nitrogen and oxygen atoms in total. The second-order valence-corrected chi connectivity index (χ2v) is 6.03. The first kappa shape index (κ1) is 18.9. The number of thiophene rings is 1. The van der Waals surface area contributed by atoms with E-state index in [9.17, 15) is 9.59 Å². The first-order valence-corrected chi connectivity index (χ1v) is 7.94. The maximum Gasteiger partial charge on any atom is 0.261 e. The van der Waals surface area contributed by atoms with Crippen LogP contribution in [0.1, 0.15) is 22.5 Å². The van der Waals surface area contributed by atoms with Crippen LogP contribution < -0.4 is 16.4 Å². The third-order valence-corrected chi connectivity index (χ3v) is 4.63. The fourth-order valence-electron chi connectivity index (χ4n) is 2.32. The molecule has 0 aromatic carbocycles. The quantitative estimate of drug-likeness (QED) is 0.663. The normalized spacial score (nSPS) is 16.4. The topological polar surface area (TPSA) is 93.5 Å². The Kier molecular flexibility index (Phi) is 7.81. The number of nitrogens with one attached hydrogen (secondary N) is 2. The zero-order valence-corrected chi connectivity index (χ0v) is 13.9. The van der Waals surface area contributed by atoms with Gasteiger partial charge in [-0.1, -0.05) is 6.07 Å². The minimum absolute atomic E-state index is 0. The minimum atomic E-state index is -0.518. The van der Waals surface area contributed by atoms with E-state index in [1.165, 1.54) is 11.3 Å². The molecule has 1 aromatic heterocycles. The van der Waals surface area contributed by atoms with Gasteiger partial charge in [-0.3, -0.25) is 9.59 Å². The standard InChI is InChI=1S/C14H21N3O3S.ClH/c15-10-14(3-7-20-8-4-14)13(19)17-6-5-16-12(18)11-2-1-9-21-11;/h1-2,9H,3-8,10,15H2,(H,16,18)(H,17,19);1H. The highest BCUT2D eigenvalue weighted by molar-refractivity contribution is 7.12. The molecular weight excluding hydrogens is 326 g/mol. The average molecular weight is 348 g/mol. The lowest BCUT2D eigenvalue weighted by atomic mass is 9.79. The molecule has 2 rings (SSSR count). The molecule has 0 atom stereocenters. The van der Waals surface area contributed by atoms with E-state index in [0.717, 1.165) is 0 Å². The van der Waals surface area contributed by atoms with E-state index in [1.54, 1.807) is 6.07 Å². The van der Waals surface area contributed by atoms with Crippen LogP contribution in [-0.2, 0) is 9.53 Å². The Morgan fingerprint density at radius 3 is 2.55 bits per heavy atom. The smallest absolute Gasteiger partial charge is 0.261 e. The van der Waals surface area contributed by atoms with Gasteiger partial charge in [0, 0.05) is 32.8 Å². The van der Waals surface area contributed by atoms with Gasteiger partial charge in [-0.05, 0) is 24.3 Å². The van der Waals surface area contributed by atoms with Gasteiger partial charge in [0.05, 0.1) is 10.3 Å². The molecule has 2 heterocycles. The lowest BCUT2D eigenvalue weighted by Gasteiger charge is -2.34. The van der Waals surface area contributed by atoms with Crippen molar-refractivity contribution in [2.75, 3.05) is 32.8 Å². The van der Waals surface area contributed by atoms with Crippen molar-refractivity contribution in [2.24, 2.45) is 11.1 Å². The van der Waals surface area contributed by atoms with E-state index in [4.69, 9.17) is 10.5 Å². The van der Waals surface area contributed by atoms with Crippen LogP contribution in [0.2, 0.25) is 0 Å². The highest BCUT2D eigenvalue weighted by atomic mass is 35.5. The Morgan fingerprint density at radius 1 is 1.27 bits per heavy atom. The first-order chi connectivity index (χ1) is 10.2. The Labute approximate surface area is 140 Å². The lowest BCUT2D eigenvalue weighted by Crippen LogP contribution is -2.50. The molecule has 1 aliphatic rings. The summed E-state index contributed by atoms with van der Waals surface area (Å²) in [6.45, 7) is 2.27. The summed E-state index contributed by atoms with van der Waals surface area (Å²) in [4.78, 5) is 24.7. The van der Waals surface area contributed by atoms with Gasteiger partial charge < -0.3 is 21.1 Å². The van der Waals surface area contributed by atoms with Crippen molar-refractivity contribution in [3.8, 4) is 0 Å². The second kappa shape index (κ2) is 9.09. The predicted molar refractivity (Wildman–Crippen MR) is 88.5 cm³/mol. The molecule has 124 valence electrons. The molecule has 1 aliphatic heterocycles. The highest BCUT2D eigenvalue weighted by Crippen LogP contribution is 2.29. The summed E-state index contributed by atoms with van der Waals surface area (Å²) in [5.74, 6) is -0.155. The largest absolute Gasteiger partial charge is 0.381 e. The first-order valence-electron chi connectivity index (χ1n) is 7.06. The van der Waals surface area contributed by atoms with Gasteiger partial charge in [0.25, 0.3) is 5.91 Å². The second-order valence-electron chi connectivity index (χ2n) is 5.09. The monoisotopic (exact) mass is 347 g/mol. The number of rotatable bonds is 6. The zero-order chi connectivity index (χ0) is 15.1. The molecule has 22 heavy (non-hydrogen) atoms. The summed E-state index contributed by atoms with van der Waals surface area (Å²) >= 11 is 1.39. The fourth-order valence-corrected chi connectivity index (χ4v) is 2.96. The van der Waals surface area contributed by atoms with E-state index >= 15 is 0 Å². The number of ether oxygens (including phenoxy) is 1. The molecule has 0 spiro atoms. The Bertz CT molecular complexity index is 476. The summed E-state index contributed by atoms with van der Waals surface area (Å²) in [7, 11) is 0. The van der Waals surface area contributed by atoms with Crippen LogP contribution in [0.15, 0.2) is 17.5 Å². The average Bonchev–Trinajstić information content (AvgIpc) is 3.06. The third kappa shape index (κ3) is 4.67. The number of carbonyl (C=O) groups excluding carboxylic acids is 2. The van der Waals surface area contributed by atoms with E-state index in [-0.39, 0.29) is 24.2 Å². The SMILES string of the molecule is Cl.NCC1(C(=O)NCCNC(=O)c2cccs2)CCOCC1. The molecule has 8 heteroatoms. The summed E-state index contributed by atoms with van der Waals surface area (Å²) in [6, 6.07) is 3.60. The fraction of sp³-hybridized carbons (Fsp3) is 0.571. The zero-order valence-electron chi connectivity index (χ0n) is 12.3. The molecule has 4 N–H and O–H groups in total. The van der Waals surface area contributed by atoms with Crippen molar-refractivity contribution >= 4 is 35.6 Å². The van der Waals surface area contributed by atoms with Gasteiger partial charge in [0.15, 0.2) is 0 Å². The lowest BCUT2D eigenvalue weighted by molar-refractivity contribution is -0.135. The number of hydrogen-bond donors (Lipinski definition) is 3. The van der Waals surface area contributed by atoms with Gasteiger partial charge in [0.2, 0.25) is 5.91 Å². The van der Waals surface area contributed by atoms with Crippen LogP contribution in [0.5, 0.6) is 0 Å². The van der Waals surface area contributed by atoms with Crippen molar-refractivity contribution in [3.63, 3.8) is 0 Å². The number of hydrogen-bond acceptors (Lipinski definition) is 5. The van der Waals surface area contributed by atoms with Gasteiger partial charge in [-0.2, -0.15) is 0 Å². The third-order valence-electron chi connectivity index (χ3n) is 3.76. The minimum Gasteiger partial charge on any atom is -0.381 e. The summed E-state index contributed by atoms with van der Waals surface area (Å²) in [5.41, 5.74) is 5.25. The maximum absolute atomic E-state index is 12.3. The number of amides is 2. The van der Waals surface area contributed by atoms with Crippen LogP contribution in [0.3, 0.4) is 0 Å². The van der Waals surface area contributed by atoms with Gasteiger partial charge in [0.1, 0.15) is 0 Å². The van der Waals surface area contributed by atoms with Gasteiger partial charge in [-0.25, -0.2) is 0 Å². The van der Waals surface area contributed by atoms with E-state index in [0.29, 0.717) is 50.6 Å². The molecule has 0 saturated carbocycles. The molecule has 0 bridgehead atoms. The Hall–Kier alpha value is -1.15. The summed E-state index contributed by atoms with van der Waals surface area (Å²) in [5, 5.41) is 7.49. The van der Waals surface area contributed by atoms with Crippen LogP contribution in [0, 0.1) is 5.41 Å². The molecule has 0 radical (unpaired) electrons. The van der Waals surface area contributed by atoms with E-state index in [1.807, 2.05) is 11.4 Å². The molecule has 2 amide bonds. The molecule has 1 fully saturated rings. The summed E-state index contributed by atoms with van der Waals surface area (Å²) in [6.07, 6.45) is 1.30. The van der Waals surface area contributed by atoms with Crippen LogP contribution in [0.4, 0.5) is 0 Å². The molecular formula is C14H22ClN3O3S. The molecule has 0 unspecified atom stereocenters. The van der Waals surface area contributed by atoms with Crippen molar-refractivity contribution in [3.05, 3.63) is 22.4 Å². The Morgan fingerprint density at radius 2 is 1.95 bits per heavy atom. The summed E-state index contributed by atoms with van der Waals surface area (Å²) < 4.78 is 5.28. The van der Waals surface area contributed by atoms with Crippen molar-refractivity contribution in [2.45, 2.75) is 12.8 Å². The molecule has 1 aromatic rings. The van der Waals surface area contributed by atoms with Crippen LogP contribution >= 0.6 is 23.7 Å². The van der Waals surface area contributed by atoms with E-state index in [2.05, 4.69) is 10.6 Å². The number of nitrogens with two attached hydrogens (primary N) is 1. The van der Waals surface area contributed by atoms with Crippen molar-refractivity contribution < 1.29 is 14.3 Å². The highest BCUT2D eigenvalue weighted by Gasteiger charge is 2.38. The maximum atomic E-state index is 12.3. The molecule has 1 saturated heterocycles.